The maximum atomic E-state index is 10.5. The fraction of sp³-hybridized carbons (Fsp3) is 0.526. The Hall–Kier alpha value is -1.43. The van der Waals surface area contributed by atoms with Crippen LogP contribution in [-0.2, 0) is 0 Å². The normalized spacial score (nSPS) is 16.3. The largest absolute Gasteiger partial charge is 0.273 e. The Morgan fingerprint density at radius 1 is 1.17 bits per heavy atom. The van der Waals surface area contributed by atoms with E-state index in [0.717, 1.165) is 21.3 Å². The third kappa shape index (κ3) is 4.15. The fourth-order valence-electron chi connectivity index (χ4n) is 3.20. The van der Waals surface area contributed by atoms with E-state index >= 15 is 0 Å². The first-order valence-corrected chi connectivity index (χ1v) is 9.57. The van der Waals surface area contributed by atoms with Gasteiger partial charge in [-0.2, -0.15) is 5.17 Å². The van der Waals surface area contributed by atoms with E-state index in [1.807, 2.05) is 51.2 Å². The lowest BCUT2D eigenvalue weighted by Crippen LogP contribution is -2.47. The van der Waals surface area contributed by atoms with Gasteiger partial charge >= 0.3 is 0 Å². The van der Waals surface area contributed by atoms with Gasteiger partial charge in [-0.15, -0.1) is 11.3 Å². The van der Waals surface area contributed by atoms with Crippen LogP contribution in [0.2, 0.25) is 0 Å². The summed E-state index contributed by atoms with van der Waals surface area (Å²) in [5.41, 5.74) is 4.64. The number of nitrogens with zero attached hydrogens (tertiary/aromatic N) is 2. The number of hydrazine groups is 1. The van der Waals surface area contributed by atoms with Gasteiger partial charge in [-0.3, -0.25) is 5.21 Å². The topological polar surface area (TPSA) is 48.4 Å². The highest BCUT2D eigenvalue weighted by Gasteiger charge is 2.21. The summed E-state index contributed by atoms with van der Waals surface area (Å²) in [6.45, 7) is 6.06. The molecule has 0 saturated heterocycles. The Morgan fingerprint density at radius 2 is 1.88 bits per heavy atom. The van der Waals surface area contributed by atoms with Crippen LogP contribution in [0.5, 0.6) is 0 Å². The number of anilines is 1. The van der Waals surface area contributed by atoms with Gasteiger partial charge in [0.25, 0.3) is 0 Å². The molecule has 0 amide bonds. The van der Waals surface area contributed by atoms with Crippen molar-refractivity contribution in [2.24, 2.45) is 0 Å². The molecule has 0 atom stereocenters. The van der Waals surface area contributed by atoms with Crippen molar-refractivity contribution in [1.29, 1.82) is 0 Å². The fourth-order valence-corrected chi connectivity index (χ4v) is 4.32. The second-order valence-corrected chi connectivity index (χ2v) is 8.65. The van der Waals surface area contributed by atoms with Gasteiger partial charge in [0.2, 0.25) is 0 Å². The molecule has 0 radical (unpaired) electrons. The second kappa shape index (κ2) is 7.21. The van der Waals surface area contributed by atoms with Crippen LogP contribution < -0.4 is 10.6 Å². The lowest BCUT2D eigenvalue weighted by atomic mass is 9.90. The lowest BCUT2D eigenvalue weighted by molar-refractivity contribution is 0.173. The minimum absolute atomic E-state index is 0.219. The predicted molar refractivity (Wildman–Crippen MR) is 101 cm³/mol. The molecule has 0 spiro atoms. The van der Waals surface area contributed by atoms with E-state index in [2.05, 4.69) is 10.4 Å². The SMILES string of the molecule is CC(C)(C)NN(O)c1ccccc1-c1cnc(C2CCCCC2)s1. The third-order valence-electron chi connectivity index (χ3n) is 4.32. The minimum Gasteiger partial charge on any atom is -0.273 e. The summed E-state index contributed by atoms with van der Waals surface area (Å²) in [5, 5.41) is 12.8. The molecule has 0 aliphatic heterocycles. The zero-order chi connectivity index (χ0) is 17.2. The number of aromatic nitrogens is 1. The molecule has 3 rings (SSSR count). The molecule has 1 fully saturated rings. The standard InChI is InChI=1S/C19H27N3OS/c1-19(2,3)21-22(23)16-12-8-7-11-15(16)17-13-20-18(24-17)14-9-5-4-6-10-14/h7-8,11-14,21,23H,4-6,9-10H2,1-3H3. The Balaban J connectivity index is 1.86. The quantitative estimate of drug-likeness (QED) is 0.733. The van der Waals surface area contributed by atoms with Crippen LogP contribution in [0.3, 0.4) is 0 Å². The molecular weight excluding hydrogens is 318 g/mol. The first kappa shape index (κ1) is 17.4. The number of hydrogen-bond donors (Lipinski definition) is 2. The van der Waals surface area contributed by atoms with Crippen molar-refractivity contribution in [3.05, 3.63) is 35.5 Å². The van der Waals surface area contributed by atoms with Gasteiger partial charge in [-0.25, -0.2) is 10.4 Å². The van der Waals surface area contributed by atoms with Gasteiger partial charge in [0, 0.05) is 23.2 Å². The highest BCUT2D eigenvalue weighted by Crippen LogP contribution is 2.39. The summed E-state index contributed by atoms with van der Waals surface area (Å²) in [4.78, 5) is 5.80. The summed E-state index contributed by atoms with van der Waals surface area (Å²) >= 11 is 1.77. The predicted octanol–water partition coefficient (Wildman–Crippen LogP) is 5.36. The molecule has 1 aliphatic rings. The first-order valence-electron chi connectivity index (χ1n) is 8.76. The van der Waals surface area contributed by atoms with Crippen LogP contribution >= 0.6 is 11.3 Å². The Labute approximate surface area is 148 Å². The molecule has 1 aliphatic carbocycles. The average Bonchev–Trinajstić information content (AvgIpc) is 3.04. The number of benzene rings is 1. The van der Waals surface area contributed by atoms with Gasteiger partial charge in [0.1, 0.15) is 0 Å². The van der Waals surface area contributed by atoms with Crippen molar-refractivity contribution >= 4 is 17.0 Å². The van der Waals surface area contributed by atoms with Crippen molar-refractivity contribution in [3.8, 4) is 10.4 Å². The number of thiazole rings is 1. The van der Waals surface area contributed by atoms with Crippen LogP contribution in [0, 0.1) is 0 Å². The zero-order valence-corrected chi connectivity index (χ0v) is 15.6. The minimum atomic E-state index is -0.219. The van der Waals surface area contributed by atoms with Crippen molar-refractivity contribution in [3.63, 3.8) is 0 Å². The Morgan fingerprint density at radius 3 is 2.58 bits per heavy atom. The maximum Gasteiger partial charge on any atom is 0.0962 e. The van der Waals surface area contributed by atoms with Gasteiger partial charge in [-0.1, -0.05) is 37.5 Å². The zero-order valence-electron chi connectivity index (χ0n) is 14.7. The van der Waals surface area contributed by atoms with Crippen LogP contribution in [0.25, 0.3) is 10.4 Å². The molecule has 2 aromatic rings. The van der Waals surface area contributed by atoms with E-state index in [9.17, 15) is 5.21 Å². The summed E-state index contributed by atoms with van der Waals surface area (Å²) < 4.78 is 0. The molecule has 1 aromatic heterocycles. The number of nitrogens with one attached hydrogen (secondary N) is 1. The van der Waals surface area contributed by atoms with Gasteiger partial charge in [-0.05, 0) is 39.7 Å². The van der Waals surface area contributed by atoms with E-state index in [1.54, 1.807) is 11.3 Å². The number of rotatable bonds is 4. The highest BCUT2D eigenvalue weighted by molar-refractivity contribution is 7.15. The van der Waals surface area contributed by atoms with E-state index < -0.39 is 0 Å². The van der Waals surface area contributed by atoms with Crippen molar-refractivity contribution in [1.82, 2.24) is 10.4 Å². The van der Waals surface area contributed by atoms with Crippen molar-refractivity contribution in [2.45, 2.75) is 64.3 Å². The average molecular weight is 346 g/mol. The van der Waals surface area contributed by atoms with Crippen molar-refractivity contribution in [2.75, 3.05) is 5.17 Å². The Bertz CT molecular complexity index is 671. The van der Waals surface area contributed by atoms with Crippen LogP contribution in [0.1, 0.15) is 63.8 Å². The third-order valence-corrected chi connectivity index (χ3v) is 5.51. The van der Waals surface area contributed by atoms with E-state index in [-0.39, 0.29) is 5.54 Å². The molecule has 0 unspecified atom stereocenters. The summed E-state index contributed by atoms with van der Waals surface area (Å²) in [6.07, 6.45) is 8.46. The molecule has 4 nitrogen and oxygen atoms in total. The van der Waals surface area contributed by atoms with Gasteiger partial charge in [0.15, 0.2) is 0 Å². The molecule has 1 heterocycles. The first-order chi connectivity index (χ1) is 11.4. The van der Waals surface area contributed by atoms with Crippen LogP contribution in [0.15, 0.2) is 30.5 Å². The van der Waals surface area contributed by atoms with Crippen LogP contribution in [-0.4, -0.2) is 15.7 Å². The van der Waals surface area contributed by atoms with Crippen molar-refractivity contribution < 1.29 is 5.21 Å². The summed E-state index contributed by atoms with van der Waals surface area (Å²) in [6, 6.07) is 7.91. The highest BCUT2D eigenvalue weighted by atomic mass is 32.1. The molecule has 5 heteroatoms. The number of hydrogen-bond acceptors (Lipinski definition) is 5. The molecule has 2 N–H and O–H groups in total. The van der Waals surface area contributed by atoms with Gasteiger partial charge < -0.3 is 0 Å². The molecule has 0 bridgehead atoms. The molecular formula is C19H27N3OS. The van der Waals surface area contributed by atoms with E-state index in [1.165, 1.54) is 37.1 Å². The molecule has 24 heavy (non-hydrogen) atoms. The van der Waals surface area contributed by atoms with E-state index in [4.69, 9.17) is 0 Å². The lowest BCUT2D eigenvalue weighted by Gasteiger charge is -2.29. The molecule has 1 aromatic carbocycles. The smallest absolute Gasteiger partial charge is 0.0962 e. The summed E-state index contributed by atoms with van der Waals surface area (Å²) in [5.74, 6) is 0.614. The maximum absolute atomic E-state index is 10.5. The van der Waals surface area contributed by atoms with E-state index in [0.29, 0.717) is 5.92 Å². The molecule has 1 saturated carbocycles. The molecule has 130 valence electrons. The Kier molecular flexibility index (Phi) is 5.23. The second-order valence-electron chi connectivity index (χ2n) is 7.59. The number of para-hydroxylation sites is 1. The monoisotopic (exact) mass is 345 g/mol. The summed E-state index contributed by atoms with van der Waals surface area (Å²) in [7, 11) is 0. The van der Waals surface area contributed by atoms with Crippen LogP contribution in [0.4, 0.5) is 5.69 Å². The van der Waals surface area contributed by atoms with Gasteiger partial charge in [0.05, 0.1) is 15.6 Å².